The lowest BCUT2D eigenvalue weighted by atomic mass is 10.1. The van der Waals surface area contributed by atoms with Crippen LogP contribution in [0.2, 0.25) is 0 Å². The Bertz CT molecular complexity index is 469. The molecule has 0 aromatic heterocycles. The second-order valence-corrected chi connectivity index (χ2v) is 4.21. The summed E-state index contributed by atoms with van der Waals surface area (Å²) in [6, 6.07) is 6.69. The summed E-state index contributed by atoms with van der Waals surface area (Å²) in [6.45, 7) is 0.604. The summed E-state index contributed by atoms with van der Waals surface area (Å²) < 4.78 is 28.6. The van der Waals surface area contributed by atoms with Crippen LogP contribution in [-0.4, -0.2) is 30.0 Å². The van der Waals surface area contributed by atoms with Crippen LogP contribution >= 0.6 is 12.2 Å². The Morgan fingerprint density at radius 1 is 1.47 bits per heavy atom. The second-order valence-electron chi connectivity index (χ2n) is 3.77. The first-order valence-corrected chi connectivity index (χ1v) is 5.92. The Labute approximate surface area is 114 Å². The van der Waals surface area contributed by atoms with E-state index >= 15 is 0 Å². The number of carbonyl (C=O) groups excluding carboxylic acids is 1. The summed E-state index contributed by atoms with van der Waals surface area (Å²) >= 11 is 4.85. The molecule has 1 aromatic carbocycles. The average molecular weight is 288 g/mol. The lowest BCUT2D eigenvalue weighted by Crippen LogP contribution is -2.30. The zero-order chi connectivity index (χ0) is 14.4. The molecule has 1 atom stereocenters. The molecule has 3 N–H and O–H groups in total. The van der Waals surface area contributed by atoms with E-state index in [9.17, 15) is 13.6 Å². The minimum Gasteiger partial charge on any atom is -0.389 e. The van der Waals surface area contributed by atoms with Crippen molar-refractivity contribution in [3.05, 3.63) is 29.8 Å². The molecule has 1 aromatic rings. The van der Waals surface area contributed by atoms with Crippen LogP contribution in [0.5, 0.6) is 0 Å². The van der Waals surface area contributed by atoms with Gasteiger partial charge >= 0.3 is 0 Å². The highest BCUT2D eigenvalue weighted by Crippen LogP contribution is 2.15. The average Bonchev–Trinajstić information content (AvgIpc) is 2.36. The van der Waals surface area contributed by atoms with Crippen molar-refractivity contribution in [1.82, 2.24) is 0 Å². The molecule has 7 heteroatoms. The highest BCUT2D eigenvalue weighted by Gasteiger charge is 2.17. The standard InChI is InChI=1S/C12H14F2N2O2S/c1-7(18-6-10(13)14)12(17)16-9-5-3-2-4-8(9)11(15)19/h2-5,7,10H,6H2,1H3,(H2,15,19)(H,16,17). The quantitative estimate of drug-likeness (QED) is 0.785. The first kappa shape index (κ1) is 15.5. The molecule has 1 unspecified atom stereocenters. The number of hydrogen-bond donors (Lipinski definition) is 2. The number of anilines is 1. The highest BCUT2D eigenvalue weighted by atomic mass is 32.1. The Morgan fingerprint density at radius 3 is 2.68 bits per heavy atom. The molecule has 0 saturated heterocycles. The molecule has 1 amide bonds. The predicted molar refractivity (Wildman–Crippen MR) is 72.4 cm³/mol. The molecular formula is C12H14F2N2O2S. The largest absolute Gasteiger partial charge is 0.389 e. The molecule has 0 bridgehead atoms. The fourth-order valence-corrected chi connectivity index (χ4v) is 1.51. The van der Waals surface area contributed by atoms with Gasteiger partial charge in [-0.3, -0.25) is 4.79 Å². The number of para-hydroxylation sites is 1. The van der Waals surface area contributed by atoms with Crippen molar-refractivity contribution < 1.29 is 18.3 Å². The summed E-state index contributed by atoms with van der Waals surface area (Å²) in [6.07, 6.45) is -3.60. The molecule has 0 aliphatic rings. The number of nitrogens with two attached hydrogens (primary N) is 1. The second kappa shape index (κ2) is 7.10. The van der Waals surface area contributed by atoms with Crippen molar-refractivity contribution in [2.45, 2.75) is 19.5 Å². The van der Waals surface area contributed by atoms with Crippen LogP contribution in [0.15, 0.2) is 24.3 Å². The van der Waals surface area contributed by atoms with Crippen LogP contribution in [-0.2, 0) is 9.53 Å². The van der Waals surface area contributed by atoms with E-state index in [0.29, 0.717) is 11.3 Å². The molecule has 0 radical (unpaired) electrons. The lowest BCUT2D eigenvalue weighted by molar-refractivity contribution is -0.128. The molecule has 1 rings (SSSR count). The minimum atomic E-state index is -2.61. The SMILES string of the molecule is CC(OCC(F)F)C(=O)Nc1ccccc1C(N)=S. The van der Waals surface area contributed by atoms with Gasteiger partial charge in [0.1, 0.15) is 17.7 Å². The number of rotatable bonds is 6. The Kier molecular flexibility index (Phi) is 5.78. The maximum Gasteiger partial charge on any atom is 0.261 e. The van der Waals surface area contributed by atoms with E-state index < -0.39 is 25.0 Å². The number of alkyl halides is 2. The third kappa shape index (κ3) is 4.88. The van der Waals surface area contributed by atoms with E-state index in [2.05, 4.69) is 5.32 Å². The number of ether oxygens (including phenoxy) is 1. The first-order chi connectivity index (χ1) is 8.91. The van der Waals surface area contributed by atoms with E-state index in [4.69, 9.17) is 22.7 Å². The van der Waals surface area contributed by atoms with E-state index in [0.717, 1.165) is 0 Å². The number of nitrogens with one attached hydrogen (secondary N) is 1. The number of hydrogen-bond acceptors (Lipinski definition) is 3. The monoisotopic (exact) mass is 288 g/mol. The van der Waals surface area contributed by atoms with Gasteiger partial charge in [0.05, 0.1) is 5.69 Å². The van der Waals surface area contributed by atoms with Crippen molar-refractivity contribution in [3.8, 4) is 0 Å². The summed E-state index contributed by atoms with van der Waals surface area (Å²) in [5.74, 6) is -0.538. The third-order valence-corrected chi connectivity index (χ3v) is 2.51. The number of halogens is 2. The number of thiocarbonyl (C=S) groups is 1. The van der Waals surface area contributed by atoms with Crippen molar-refractivity contribution in [1.29, 1.82) is 0 Å². The number of carbonyl (C=O) groups is 1. The van der Waals surface area contributed by atoms with E-state index in [1.165, 1.54) is 6.92 Å². The zero-order valence-corrected chi connectivity index (χ0v) is 11.0. The van der Waals surface area contributed by atoms with Gasteiger partial charge in [0, 0.05) is 5.56 Å². The normalized spacial score (nSPS) is 12.2. The zero-order valence-electron chi connectivity index (χ0n) is 10.2. The highest BCUT2D eigenvalue weighted by molar-refractivity contribution is 7.80. The molecular weight excluding hydrogens is 274 g/mol. The molecule has 0 aliphatic carbocycles. The van der Waals surface area contributed by atoms with E-state index in [1.54, 1.807) is 24.3 Å². The lowest BCUT2D eigenvalue weighted by Gasteiger charge is -2.15. The summed E-state index contributed by atoms with van der Waals surface area (Å²) in [5, 5.41) is 2.54. The minimum absolute atomic E-state index is 0.136. The van der Waals surface area contributed by atoms with Crippen molar-refractivity contribution in [3.63, 3.8) is 0 Å². The van der Waals surface area contributed by atoms with Crippen LogP contribution in [0.3, 0.4) is 0 Å². The first-order valence-electron chi connectivity index (χ1n) is 5.51. The van der Waals surface area contributed by atoms with Crippen LogP contribution in [0.25, 0.3) is 0 Å². The maximum atomic E-state index is 12.0. The van der Waals surface area contributed by atoms with Gasteiger partial charge in [0.15, 0.2) is 0 Å². The fraction of sp³-hybridized carbons (Fsp3) is 0.333. The maximum absolute atomic E-state index is 12.0. The molecule has 0 heterocycles. The van der Waals surface area contributed by atoms with Gasteiger partial charge in [0.25, 0.3) is 12.3 Å². The fourth-order valence-electron chi connectivity index (χ4n) is 1.33. The molecule has 0 aliphatic heterocycles. The Hall–Kier alpha value is -1.60. The molecule has 0 saturated carbocycles. The topological polar surface area (TPSA) is 64.3 Å². The van der Waals surface area contributed by atoms with Gasteiger partial charge in [-0.25, -0.2) is 8.78 Å². The Morgan fingerprint density at radius 2 is 2.11 bits per heavy atom. The number of amides is 1. The summed E-state index contributed by atoms with van der Waals surface area (Å²) in [5.41, 5.74) is 6.44. The van der Waals surface area contributed by atoms with Crippen molar-refractivity contribution in [2.24, 2.45) is 5.73 Å². The molecule has 4 nitrogen and oxygen atoms in total. The summed E-state index contributed by atoms with van der Waals surface area (Å²) in [7, 11) is 0. The van der Waals surface area contributed by atoms with Crippen LogP contribution in [0, 0.1) is 0 Å². The van der Waals surface area contributed by atoms with Gasteiger partial charge in [0.2, 0.25) is 0 Å². The summed E-state index contributed by atoms with van der Waals surface area (Å²) in [4.78, 5) is 11.9. The molecule has 0 fully saturated rings. The smallest absolute Gasteiger partial charge is 0.261 e. The van der Waals surface area contributed by atoms with Gasteiger partial charge in [-0.05, 0) is 19.1 Å². The van der Waals surface area contributed by atoms with Crippen LogP contribution < -0.4 is 11.1 Å². The van der Waals surface area contributed by atoms with Gasteiger partial charge in [-0.2, -0.15) is 0 Å². The van der Waals surface area contributed by atoms with Gasteiger partial charge in [-0.15, -0.1) is 0 Å². The van der Waals surface area contributed by atoms with E-state index in [-0.39, 0.29) is 4.99 Å². The molecule has 0 spiro atoms. The van der Waals surface area contributed by atoms with Crippen molar-refractivity contribution >= 4 is 28.8 Å². The molecule has 104 valence electrons. The van der Waals surface area contributed by atoms with E-state index in [1.807, 2.05) is 0 Å². The Balaban J connectivity index is 2.69. The van der Waals surface area contributed by atoms with Crippen LogP contribution in [0.4, 0.5) is 14.5 Å². The van der Waals surface area contributed by atoms with Crippen molar-refractivity contribution in [2.75, 3.05) is 11.9 Å². The predicted octanol–water partition coefficient (Wildman–Crippen LogP) is 1.93. The number of benzene rings is 1. The van der Waals surface area contributed by atoms with Gasteiger partial charge in [-0.1, -0.05) is 24.4 Å². The van der Waals surface area contributed by atoms with Gasteiger partial charge < -0.3 is 15.8 Å². The van der Waals surface area contributed by atoms with Crippen LogP contribution in [0.1, 0.15) is 12.5 Å². The third-order valence-electron chi connectivity index (χ3n) is 2.29. The molecule has 19 heavy (non-hydrogen) atoms.